The van der Waals surface area contributed by atoms with Crippen molar-refractivity contribution in [3.8, 4) is 5.69 Å². The van der Waals surface area contributed by atoms with Gasteiger partial charge in [-0.15, -0.1) is 0 Å². The number of aryl methyl sites for hydroxylation is 1. The number of anilines is 1. The lowest BCUT2D eigenvalue weighted by atomic mass is 10.1. The molecule has 0 bridgehead atoms. The summed E-state index contributed by atoms with van der Waals surface area (Å²) in [6.45, 7) is 4.25. The summed E-state index contributed by atoms with van der Waals surface area (Å²) in [6.07, 6.45) is -0.257. The molecular formula is C21H19IN6. The molecule has 5 rings (SSSR count). The maximum absolute atomic E-state index is 6.10. The van der Waals surface area contributed by atoms with Crippen LogP contribution in [0.3, 0.4) is 0 Å². The van der Waals surface area contributed by atoms with Gasteiger partial charge in [0.1, 0.15) is 0 Å². The summed E-state index contributed by atoms with van der Waals surface area (Å²) in [6, 6.07) is 18.8. The van der Waals surface area contributed by atoms with E-state index < -0.39 is 0 Å². The predicted octanol–water partition coefficient (Wildman–Crippen LogP) is 4.34. The Bertz CT molecular complexity index is 1230. The molecule has 3 N–H and O–H groups in total. The number of rotatable bonds is 2. The van der Waals surface area contributed by atoms with E-state index in [9.17, 15) is 0 Å². The number of para-hydroxylation sites is 2. The van der Waals surface area contributed by atoms with E-state index in [0.717, 1.165) is 39.6 Å². The minimum absolute atomic E-state index is 0.257. The van der Waals surface area contributed by atoms with Crippen LogP contribution in [-0.4, -0.2) is 20.1 Å². The average molecular weight is 482 g/mol. The highest BCUT2D eigenvalue weighted by molar-refractivity contribution is 14.1. The molecule has 2 aromatic heterocycles. The smallest absolute Gasteiger partial charge is 0.212 e. The number of nitrogens with two attached hydrogens (primary N) is 1. The predicted molar refractivity (Wildman–Crippen MR) is 121 cm³/mol. The maximum atomic E-state index is 6.10. The number of aliphatic imine (C=N–C) groups is 1. The molecule has 0 fully saturated rings. The molecule has 0 spiro atoms. The number of imidazole rings is 1. The zero-order valence-electron chi connectivity index (χ0n) is 15.5. The van der Waals surface area contributed by atoms with Gasteiger partial charge in [0.15, 0.2) is 12.1 Å². The van der Waals surface area contributed by atoms with Gasteiger partial charge < -0.3 is 10.3 Å². The van der Waals surface area contributed by atoms with Crippen LogP contribution in [0.4, 0.5) is 5.95 Å². The van der Waals surface area contributed by atoms with Crippen LogP contribution in [0, 0.1) is 17.4 Å². The summed E-state index contributed by atoms with van der Waals surface area (Å²) in [4.78, 5) is 9.42. The molecule has 7 heteroatoms. The number of aromatic nitrogens is 3. The average Bonchev–Trinajstić information content (AvgIpc) is 3.19. The summed E-state index contributed by atoms with van der Waals surface area (Å²) < 4.78 is 5.60. The SMILES string of the molecule is Cc1cc(C2N=C(N)Nc3nc4ccccc4n32)c(C)n1-c1ccc(I)cc1. The van der Waals surface area contributed by atoms with Gasteiger partial charge in [-0.2, -0.15) is 0 Å². The summed E-state index contributed by atoms with van der Waals surface area (Å²) >= 11 is 2.33. The third kappa shape index (κ3) is 2.61. The first kappa shape index (κ1) is 17.3. The molecular weight excluding hydrogens is 463 g/mol. The number of benzene rings is 2. The number of nitrogens with zero attached hydrogens (tertiary/aromatic N) is 4. The fourth-order valence-corrected chi connectivity index (χ4v) is 4.32. The number of guanidine groups is 1. The van der Waals surface area contributed by atoms with Crippen molar-refractivity contribution in [1.29, 1.82) is 0 Å². The van der Waals surface area contributed by atoms with Crippen LogP contribution in [0.15, 0.2) is 59.6 Å². The Morgan fingerprint density at radius 3 is 2.61 bits per heavy atom. The topological polar surface area (TPSA) is 73.2 Å². The first-order valence-corrected chi connectivity index (χ1v) is 10.1. The van der Waals surface area contributed by atoms with Gasteiger partial charge in [0.2, 0.25) is 5.95 Å². The molecule has 1 atom stereocenters. The van der Waals surface area contributed by atoms with Gasteiger partial charge in [0, 0.05) is 26.2 Å². The van der Waals surface area contributed by atoms with Crippen molar-refractivity contribution in [2.75, 3.05) is 5.32 Å². The number of nitrogens with one attached hydrogen (secondary N) is 1. The van der Waals surface area contributed by atoms with Gasteiger partial charge in [0.05, 0.1) is 11.0 Å². The van der Waals surface area contributed by atoms with E-state index in [1.54, 1.807) is 0 Å². The van der Waals surface area contributed by atoms with E-state index in [2.05, 4.69) is 92.3 Å². The number of hydrogen-bond donors (Lipinski definition) is 2. The molecule has 4 aromatic rings. The normalized spacial score (nSPS) is 16.0. The number of fused-ring (bicyclic) bond motifs is 3. The molecule has 1 aliphatic heterocycles. The van der Waals surface area contributed by atoms with Crippen molar-refractivity contribution in [3.63, 3.8) is 0 Å². The van der Waals surface area contributed by atoms with Gasteiger partial charge in [-0.05, 0) is 78.9 Å². The second-order valence-electron chi connectivity index (χ2n) is 6.95. The Morgan fingerprint density at radius 2 is 1.82 bits per heavy atom. The number of hydrogen-bond acceptors (Lipinski definition) is 4. The van der Waals surface area contributed by atoms with E-state index in [-0.39, 0.29) is 6.17 Å². The van der Waals surface area contributed by atoms with Crippen LogP contribution in [0.5, 0.6) is 0 Å². The highest BCUT2D eigenvalue weighted by Gasteiger charge is 2.28. The molecule has 140 valence electrons. The second kappa shape index (κ2) is 6.37. The van der Waals surface area contributed by atoms with Crippen LogP contribution in [0.25, 0.3) is 16.7 Å². The van der Waals surface area contributed by atoms with Gasteiger partial charge in [-0.1, -0.05) is 12.1 Å². The fourth-order valence-electron chi connectivity index (χ4n) is 3.96. The third-order valence-corrected chi connectivity index (χ3v) is 5.89. The molecule has 0 amide bonds. The highest BCUT2D eigenvalue weighted by Crippen LogP contribution is 2.35. The molecule has 1 aliphatic rings. The summed E-state index contributed by atoms with van der Waals surface area (Å²) in [5.41, 5.74) is 12.6. The summed E-state index contributed by atoms with van der Waals surface area (Å²) in [7, 11) is 0. The van der Waals surface area contributed by atoms with Gasteiger partial charge >= 0.3 is 0 Å². The summed E-state index contributed by atoms with van der Waals surface area (Å²) in [5, 5.41) is 3.10. The second-order valence-corrected chi connectivity index (χ2v) is 8.19. The van der Waals surface area contributed by atoms with Crippen molar-refractivity contribution in [2.45, 2.75) is 20.0 Å². The minimum atomic E-state index is -0.257. The maximum Gasteiger partial charge on any atom is 0.212 e. The Hall–Kier alpha value is -2.81. The first-order chi connectivity index (χ1) is 13.5. The van der Waals surface area contributed by atoms with Gasteiger partial charge in [-0.25, -0.2) is 9.98 Å². The Balaban J connectivity index is 1.71. The Kier molecular flexibility index (Phi) is 3.94. The van der Waals surface area contributed by atoms with Crippen molar-refractivity contribution < 1.29 is 0 Å². The molecule has 0 radical (unpaired) electrons. The third-order valence-electron chi connectivity index (χ3n) is 5.17. The van der Waals surface area contributed by atoms with Gasteiger partial charge in [0.25, 0.3) is 0 Å². The van der Waals surface area contributed by atoms with Crippen molar-refractivity contribution in [3.05, 3.63) is 75.1 Å². The first-order valence-electron chi connectivity index (χ1n) is 9.05. The molecule has 0 saturated carbocycles. The van der Waals surface area contributed by atoms with Crippen molar-refractivity contribution >= 4 is 45.5 Å². The molecule has 1 unspecified atom stereocenters. The number of halogens is 1. The Labute approximate surface area is 176 Å². The van der Waals surface area contributed by atoms with Crippen molar-refractivity contribution in [1.82, 2.24) is 14.1 Å². The zero-order chi connectivity index (χ0) is 19.4. The van der Waals surface area contributed by atoms with E-state index >= 15 is 0 Å². The van der Waals surface area contributed by atoms with Crippen LogP contribution in [0.2, 0.25) is 0 Å². The molecule has 28 heavy (non-hydrogen) atoms. The minimum Gasteiger partial charge on any atom is -0.370 e. The quantitative estimate of drug-likeness (QED) is 0.418. The molecule has 3 heterocycles. The van der Waals surface area contributed by atoms with Crippen molar-refractivity contribution in [2.24, 2.45) is 10.7 Å². The largest absolute Gasteiger partial charge is 0.370 e. The van der Waals surface area contributed by atoms with Crippen LogP contribution in [-0.2, 0) is 0 Å². The standard InChI is InChI=1S/C21H19IN6/c1-12-11-16(13(2)27(12)15-9-7-14(22)8-10-15)19-25-20(23)26-21-24-17-5-3-4-6-18(17)28(19)21/h3-11,19H,1-2H3,(H3,23,24,25,26). The van der Waals surface area contributed by atoms with Crippen LogP contribution in [0.1, 0.15) is 23.1 Å². The van der Waals surface area contributed by atoms with Crippen LogP contribution < -0.4 is 11.1 Å². The lowest BCUT2D eigenvalue weighted by Gasteiger charge is -2.24. The summed E-state index contributed by atoms with van der Waals surface area (Å²) in [5.74, 6) is 1.10. The zero-order valence-corrected chi connectivity index (χ0v) is 17.7. The van der Waals surface area contributed by atoms with Gasteiger partial charge in [-0.3, -0.25) is 9.88 Å². The Morgan fingerprint density at radius 1 is 1.07 bits per heavy atom. The molecule has 0 aliphatic carbocycles. The van der Waals surface area contributed by atoms with E-state index in [0.29, 0.717) is 5.96 Å². The van der Waals surface area contributed by atoms with Crippen LogP contribution >= 0.6 is 22.6 Å². The lowest BCUT2D eigenvalue weighted by molar-refractivity contribution is 0.621. The highest BCUT2D eigenvalue weighted by atomic mass is 127. The molecule has 2 aromatic carbocycles. The van der Waals surface area contributed by atoms with E-state index in [1.165, 1.54) is 3.57 Å². The fraction of sp³-hybridized carbons (Fsp3) is 0.143. The van der Waals surface area contributed by atoms with E-state index in [4.69, 9.17) is 10.7 Å². The van der Waals surface area contributed by atoms with E-state index in [1.807, 2.05) is 18.2 Å². The molecule has 6 nitrogen and oxygen atoms in total. The monoisotopic (exact) mass is 482 g/mol. The lowest BCUT2D eigenvalue weighted by Crippen LogP contribution is -2.31. The molecule has 0 saturated heterocycles.